The number of anilines is 2. The molecule has 1 aliphatic carbocycles. The highest BCUT2D eigenvalue weighted by atomic mass is 16.6. The number of methoxy groups -OCH3 is 1. The van der Waals surface area contributed by atoms with Crippen LogP contribution in [0.2, 0.25) is 0 Å². The van der Waals surface area contributed by atoms with Gasteiger partial charge < -0.3 is 14.4 Å². The van der Waals surface area contributed by atoms with Crippen LogP contribution in [0.25, 0.3) is 11.1 Å². The van der Waals surface area contributed by atoms with E-state index < -0.39 is 12.1 Å². The molecular formula is C26H26N4O5. The molecule has 35 heavy (non-hydrogen) atoms. The van der Waals surface area contributed by atoms with Crippen molar-refractivity contribution in [2.45, 2.75) is 38.8 Å². The van der Waals surface area contributed by atoms with Crippen LogP contribution in [0, 0.1) is 0 Å². The van der Waals surface area contributed by atoms with Gasteiger partial charge in [-0.15, -0.1) is 0 Å². The van der Waals surface area contributed by atoms with Crippen molar-refractivity contribution < 1.29 is 23.9 Å². The number of esters is 1. The lowest BCUT2D eigenvalue weighted by molar-refractivity contribution is -0.117. The van der Waals surface area contributed by atoms with Gasteiger partial charge in [0.1, 0.15) is 5.75 Å². The fraction of sp³-hybridized carbons (Fsp3) is 0.308. The molecule has 1 fully saturated rings. The molecule has 0 unspecified atom stereocenters. The minimum Gasteiger partial charge on any atom is -0.465 e. The first-order chi connectivity index (χ1) is 16.9. The summed E-state index contributed by atoms with van der Waals surface area (Å²) >= 11 is 0. The molecule has 3 aromatic rings. The van der Waals surface area contributed by atoms with Crippen LogP contribution in [0.1, 0.15) is 43.1 Å². The molecule has 2 aliphatic rings. The second-order valence-corrected chi connectivity index (χ2v) is 8.88. The number of benzene rings is 2. The van der Waals surface area contributed by atoms with Crippen molar-refractivity contribution in [3.8, 4) is 16.9 Å². The molecule has 180 valence electrons. The zero-order valence-corrected chi connectivity index (χ0v) is 19.8. The van der Waals surface area contributed by atoms with Crippen molar-refractivity contribution >= 4 is 29.3 Å². The van der Waals surface area contributed by atoms with E-state index >= 15 is 0 Å². The molecule has 2 aromatic carbocycles. The number of carbonyl (C=O) groups excluding carboxylic acids is 3. The van der Waals surface area contributed by atoms with Gasteiger partial charge >= 0.3 is 12.1 Å². The zero-order chi connectivity index (χ0) is 24.7. The molecule has 9 heteroatoms. The summed E-state index contributed by atoms with van der Waals surface area (Å²) in [6.45, 7) is 3.69. The van der Waals surface area contributed by atoms with Crippen LogP contribution >= 0.6 is 0 Å². The van der Waals surface area contributed by atoms with E-state index in [1.165, 1.54) is 26.2 Å². The summed E-state index contributed by atoms with van der Waals surface area (Å²) in [5, 5.41) is 4.47. The van der Waals surface area contributed by atoms with Gasteiger partial charge in [-0.05, 0) is 61.7 Å². The van der Waals surface area contributed by atoms with Crippen LogP contribution in [0.5, 0.6) is 5.75 Å². The van der Waals surface area contributed by atoms with Gasteiger partial charge in [-0.2, -0.15) is 5.10 Å². The SMILES string of the molecule is COC(=O)c1ccc(OC(=O)N2C[C@H](C)N(C(C)=O)c3ccc(-c4cnn(C5CC5)c4)cc32)cc1. The molecule has 0 N–H and O–H groups in total. The van der Waals surface area contributed by atoms with Gasteiger partial charge in [0, 0.05) is 25.2 Å². The second-order valence-electron chi connectivity index (χ2n) is 8.88. The van der Waals surface area contributed by atoms with E-state index in [1.54, 1.807) is 21.9 Å². The Bertz CT molecular complexity index is 1300. The Morgan fingerprint density at radius 2 is 1.74 bits per heavy atom. The molecule has 0 radical (unpaired) electrons. The average molecular weight is 475 g/mol. The number of carbonyl (C=O) groups is 3. The van der Waals surface area contributed by atoms with Crippen molar-refractivity contribution in [2.75, 3.05) is 23.5 Å². The molecule has 1 saturated carbocycles. The molecule has 2 amide bonds. The van der Waals surface area contributed by atoms with E-state index in [1.807, 2.05) is 42.2 Å². The molecule has 1 aliphatic heterocycles. The highest BCUT2D eigenvalue weighted by Crippen LogP contribution is 2.40. The van der Waals surface area contributed by atoms with Gasteiger partial charge in [0.25, 0.3) is 0 Å². The van der Waals surface area contributed by atoms with Crippen LogP contribution in [0.3, 0.4) is 0 Å². The smallest absolute Gasteiger partial charge is 0.419 e. The van der Waals surface area contributed by atoms with Gasteiger partial charge in [0.15, 0.2) is 0 Å². The van der Waals surface area contributed by atoms with Crippen molar-refractivity contribution in [1.29, 1.82) is 0 Å². The third-order valence-corrected chi connectivity index (χ3v) is 6.31. The lowest BCUT2D eigenvalue weighted by atomic mass is 10.0. The molecule has 1 aromatic heterocycles. The average Bonchev–Trinajstić information content (AvgIpc) is 3.59. The Morgan fingerprint density at radius 3 is 2.40 bits per heavy atom. The van der Waals surface area contributed by atoms with Gasteiger partial charge in [-0.3, -0.25) is 14.4 Å². The first-order valence-electron chi connectivity index (χ1n) is 11.5. The number of ether oxygens (including phenoxy) is 2. The van der Waals surface area contributed by atoms with Gasteiger partial charge in [-0.25, -0.2) is 9.59 Å². The summed E-state index contributed by atoms with van der Waals surface area (Å²) in [5.74, 6) is -0.268. The Hall–Kier alpha value is -4.14. The van der Waals surface area contributed by atoms with E-state index in [9.17, 15) is 14.4 Å². The van der Waals surface area contributed by atoms with E-state index in [0.717, 1.165) is 24.0 Å². The number of fused-ring (bicyclic) bond motifs is 1. The Labute approximate surface area is 202 Å². The van der Waals surface area contributed by atoms with E-state index in [2.05, 4.69) is 5.10 Å². The number of amides is 2. The molecule has 1 atom stereocenters. The Morgan fingerprint density at radius 1 is 1.00 bits per heavy atom. The number of nitrogens with zero attached hydrogens (tertiary/aromatic N) is 4. The lowest BCUT2D eigenvalue weighted by Crippen LogP contribution is -2.52. The summed E-state index contributed by atoms with van der Waals surface area (Å²) in [6.07, 6.45) is 5.53. The Kier molecular flexibility index (Phi) is 5.76. The fourth-order valence-corrected chi connectivity index (χ4v) is 4.42. The van der Waals surface area contributed by atoms with E-state index in [0.29, 0.717) is 28.7 Å². The summed E-state index contributed by atoms with van der Waals surface area (Å²) in [6, 6.07) is 12.1. The minimum absolute atomic E-state index is 0.0977. The van der Waals surface area contributed by atoms with Gasteiger partial charge in [-0.1, -0.05) is 6.07 Å². The van der Waals surface area contributed by atoms with E-state index in [4.69, 9.17) is 9.47 Å². The number of hydrogen-bond acceptors (Lipinski definition) is 6. The molecule has 0 spiro atoms. The van der Waals surface area contributed by atoms with Crippen LogP contribution in [-0.4, -0.2) is 47.4 Å². The molecule has 5 rings (SSSR count). The van der Waals surface area contributed by atoms with Crippen LogP contribution in [0.15, 0.2) is 54.9 Å². The standard InChI is InChI=1S/C26H26N4O5/c1-16-14-28(26(33)35-22-9-4-18(5-10-22)25(32)34-3)24-12-19(6-11-23(24)30(16)17(2)31)20-13-27-29(15-20)21-7-8-21/h4-6,9-13,15-16,21H,7-8,14H2,1-3H3/t16-/m0/s1. The molecule has 9 nitrogen and oxygen atoms in total. The first kappa shape index (κ1) is 22.6. The number of rotatable bonds is 4. The number of hydrogen-bond donors (Lipinski definition) is 0. The quantitative estimate of drug-likeness (QED) is 0.519. The van der Waals surface area contributed by atoms with Crippen LogP contribution in [-0.2, 0) is 9.53 Å². The van der Waals surface area contributed by atoms with Crippen LogP contribution < -0.4 is 14.5 Å². The van der Waals surface area contributed by atoms with Crippen molar-refractivity contribution in [1.82, 2.24) is 9.78 Å². The maximum atomic E-state index is 13.3. The van der Waals surface area contributed by atoms with Crippen molar-refractivity contribution in [3.63, 3.8) is 0 Å². The predicted molar refractivity (Wildman–Crippen MR) is 130 cm³/mol. The third-order valence-electron chi connectivity index (χ3n) is 6.31. The molecular weight excluding hydrogens is 448 g/mol. The summed E-state index contributed by atoms with van der Waals surface area (Å²) < 4.78 is 12.3. The maximum absolute atomic E-state index is 13.3. The summed E-state index contributed by atoms with van der Waals surface area (Å²) in [5.41, 5.74) is 3.44. The molecule has 0 saturated heterocycles. The fourth-order valence-electron chi connectivity index (χ4n) is 4.42. The topological polar surface area (TPSA) is 94.0 Å². The summed E-state index contributed by atoms with van der Waals surface area (Å²) in [4.78, 5) is 40.6. The number of aromatic nitrogens is 2. The van der Waals surface area contributed by atoms with Crippen molar-refractivity contribution in [2.24, 2.45) is 0 Å². The lowest BCUT2D eigenvalue weighted by Gasteiger charge is -2.40. The molecule has 0 bridgehead atoms. The van der Waals surface area contributed by atoms with Gasteiger partial charge in [0.2, 0.25) is 5.91 Å². The van der Waals surface area contributed by atoms with Gasteiger partial charge in [0.05, 0.1) is 42.3 Å². The van der Waals surface area contributed by atoms with Crippen LogP contribution in [0.4, 0.5) is 16.2 Å². The maximum Gasteiger partial charge on any atom is 0.419 e. The third kappa shape index (κ3) is 4.37. The monoisotopic (exact) mass is 474 g/mol. The largest absolute Gasteiger partial charge is 0.465 e. The second kappa shape index (κ2) is 8.90. The predicted octanol–water partition coefficient (Wildman–Crippen LogP) is 4.43. The first-order valence-corrected chi connectivity index (χ1v) is 11.5. The zero-order valence-electron chi connectivity index (χ0n) is 19.8. The summed E-state index contributed by atoms with van der Waals surface area (Å²) in [7, 11) is 1.31. The van der Waals surface area contributed by atoms with E-state index in [-0.39, 0.29) is 18.5 Å². The highest BCUT2D eigenvalue weighted by molar-refractivity contribution is 6.03. The van der Waals surface area contributed by atoms with Crippen molar-refractivity contribution in [3.05, 3.63) is 60.4 Å². The minimum atomic E-state index is -0.571. The highest BCUT2D eigenvalue weighted by Gasteiger charge is 2.35. The Balaban J connectivity index is 1.46. The molecule has 2 heterocycles. The normalized spacial score (nSPS) is 17.1.